The zero-order chi connectivity index (χ0) is 11.5. The number of hydrogen-bond acceptors (Lipinski definition) is 5. The second-order valence-electron chi connectivity index (χ2n) is 3.14. The molecule has 2 aromatic rings. The Balaban J connectivity index is 2.35. The van der Waals surface area contributed by atoms with E-state index in [1.165, 1.54) is 0 Å². The number of halogens is 1. The third-order valence-electron chi connectivity index (χ3n) is 2.02. The summed E-state index contributed by atoms with van der Waals surface area (Å²) in [4.78, 5) is 3.94. The van der Waals surface area contributed by atoms with Crippen molar-refractivity contribution in [3.63, 3.8) is 0 Å². The van der Waals surface area contributed by atoms with Crippen LogP contribution in [0.25, 0.3) is 11.5 Å². The average Bonchev–Trinajstić information content (AvgIpc) is 2.78. The number of aliphatic hydroxyl groups is 2. The molecule has 5 nitrogen and oxygen atoms in total. The highest BCUT2D eigenvalue weighted by Crippen LogP contribution is 2.26. The molecule has 2 rings (SSSR count). The minimum absolute atomic E-state index is 0.0393. The number of hydrogen-bond donors (Lipinski definition) is 2. The van der Waals surface area contributed by atoms with Gasteiger partial charge in [0.15, 0.2) is 0 Å². The van der Waals surface area contributed by atoms with Crippen molar-refractivity contribution >= 4 is 11.6 Å². The second kappa shape index (κ2) is 4.61. The Morgan fingerprint density at radius 3 is 2.81 bits per heavy atom. The van der Waals surface area contributed by atoms with Gasteiger partial charge in [-0.05, 0) is 12.1 Å². The first-order valence-corrected chi connectivity index (χ1v) is 4.97. The summed E-state index contributed by atoms with van der Waals surface area (Å²) in [6.45, 7) is -0.457. The van der Waals surface area contributed by atoms with Crippen LogP contribution in [0.1, 0.15) is 11.9 Å². The van der Waals surface area contributed by atoms with Gasteiger partial charge in [0, 0.05) is 0 Å². The molecule has 1 atom stereocenters. The Labute approximate surface area is 96.3 Å². The van der Waals surface area contributed by atoms with Crippen LogP contribution in [0.5, 0.6) is 0 Å². The van der Waals surface area contributed by atoms with Gasteiger partial charge in [0.1, 0.15) is 6.10 Å². The SMILES string of the molecule is OC[C@@H](O)c1noc(-c2ccccc2Cl)n1. The first-order chi connectivity index (χ1) is 7.72. The summed E-state index contributed by atoms with van der Waals surface area (Å²) in [5.74, 6) is 0.255. The van der Waals surface area contributed by atoms with Crippen LogP contribution in [-0.2, 0) is 0 Å². The normalized spacial score (nSPS) is 12.7. The lowest BCUT2D eigenvalue weighted by Crippen LogP contribution is -2.04. The third-order valence-corrected chi connectivity index (χ3v) is 2.35. The Morgan fingerprint density at radius 2 is 2.12 bits per heavy atom. The van der Waals surface area contributed by atoms with E-state index in [4.69, 9.17) is 21.2 Å². The predicted octanol–water partition coefficient (Wildman–Crippen LogP) is 1.42. The van der Waals surface area contributed by atoms with E-state index < -0.39 is 12.7 Å². The fourth-order valence-corrected chi connectivity index (χ4v) is 1.41. The van der Waals surface area contributed by atoms with E-state index >= 15 is 0 Å². The zero-order valence-electron chi connectivity index (χ0n) is 8.17. The van der Waals surface area contributed by atoms with E-state index in [2.05, 4.69) is 10.1 Å². The molecule has 0 bridgehead atoms. The topological polar surface area (TPSA) is 79.4 Å². The van der Waals surface area contributed by atoms with Gasteiger partial charge < -0.3 is 14.7 Å². The first kappa shape index (κ1) is 11.1. The summed E-state index contributed by atoms with van der Waals surface area (Å²) in [6, 6.07) is 6.99. The molecule has 16 heavy (non-hydrogen) atoms. The van der Waals surface area contributed by atoms with Crippen LogP contribution in [0.3, 0.4) is 0 Å². The maximum atomic E-state index is 9.29. The lowest BCUT2D eigenvalue weighted by Gasteiger charge is -1.98. The molecular formula is C10H9ClN2O3. The monoisotopic (exact) mass is 240 g/mol. The standard InChI is InChI=1S/C10H9ClN2O3/c11-7-4-2-1-3-6(7)10-12-9(13-16-10)8(15)5-14/h1-4,8,14-15H,5H2/t8-/m1/s1. The Bertz CT molecular complexity index is 486. The van der Waals surface area contributed by atoms with Gasteiger partial charge in [-0.2, -0.15) is 4.98 Å². The van der Waals surface area contributed by atoms with Crippen molar-refractivity contribution in [3.05, 3.63) is 35.1 Å². The van der Waals surface area contributed by atoms with Gasteiger partial charge in [0.25, 0.3) is 5.89 Å². The van der Waals surface area contributed by atoms with E-state index in [-0.39, 0.29) is 11.7 Å². The molecule has 0 fully saturated rings. The molecular weight excluding hydrogens is 232 g/mol. The predicted molar refractivity (Wildman–Crippen MR) is 56.8 cm³/mol. The van der Waals surface area contributed by atoms with Crippen LogP contribution in [0.2, 0.25) is 5.02 Å². The van der Waals surface area contributed by atoms with Crippen LogP contribution < -0.4 is 0 Å². The van der Waals surface area contributed by atoms with E-state index in [9.17, 15) is 5.11 Å². The molecule has 2 N–H and O–H groups in total. The van der Waals surface area contributed by atoms with E-state index in [1.54, 1.807) is 24.3 Å². The molecule has 0 aliphatic rings. The molecule has 0 saturated carbocycles. The molecule has 6 heteroatoms. The maximum absolute atomic E-state index is 9.29. The van der Waals surface area contributed by atoms with Crippen LogP contribution in [-0.4, -0.2) is 27.0 Å². The molecule has 1 aromatic heterocycles. The molecule has 0 saturated heterocycles. The number of benzene rings is 1. The minimum atomic E-state index is -1.14. The van der Waals surface area contributed by atoms with Crippen molar-refractivity contribution in [2.45, 2.75) is 6.10 Å². The van der Waals surface area contributed by atoms with Gasteiger partial charge >= 0.3 is 0 Å². The quantitative estimate of drug-likeness (QED) is 0.848. The molecule has 0 aliphatic heterocycles. The van der Waals surface area contributed by atoms with E-state index in [1.807, 2.05) is 0 Å². The fraction of sp³-hybridized carbons (Fsp3) is 0.200. The molecule has 1 heterocycles. The minimum Gasteiger partial charge on any atom is -0.393 e. The van der Waals surface area contributed by atoms with Gasteiger partial charge in [0.2, 0.25) is 5.82 Å². The number of aliphatic hydroxyl groups excluding tert-OH is 2. The van der Waals surface area contributed by atoms with Crippen molar-refractivity contribution < 1.29 is 14.7 Å². The van der Waals surface area contributed by atoms with Gasteiger partial charge in [-0.3, -0.25) is 0 Å². The molecule has 0 amide bonds. The average molecular weight is 241 g/mol. The van der Waals surface area contributed by atoms with Crippen LogP contribution in [0, 0.1) is 0 Å². The molecule has 0 spiro atoms. The van der Waals surface area contributed by atoms with Gasteiger partial charge in [-0.1, -0.05) is 28.9 Å². The van der Waals surface area contributed by atoms with Crippen LogP contribution >= 0.6 is 11.6 Å². The second-order valence-corrected chi connectivity index (χ2v) is 3.54. The summed E-state index contributed by atoms with van der Waals surface area (Å²) < 4.78 is 4.94. The Morgan fingerprint density at radius 1 is 1.38 bits per heavy atom. The van der Waals surface area contributed by atoms with Crippen molar-refractivity contribution in [3.8, 4) is 11.5 Å². The largest absolute Gasteiger partial charge is 0.393 e. The van der Waals surface area contributed by atoms with Gasteiger partial charge in [-0.25, -0.2) is 0 Å². The molecule has 0 unspecified atom stereocenters. The molecule has 84 valence electrons. The van der Waals surface area contributed by atoms with E-state index in [0.717, 1.165) is 0 Å². The summed E-state index contributed by atoms with van der Waals surface area (Å²) in [5.41, 5.74) is 0.591. The molecule has 0 radical (unpaired) electrons. The van der Waals surface area contributed by atoms with Crippen LogP contribution in [0.15, 0.2) is 28.8 Å². The lowest BCUT2D eigenvalue weighted by molar-refractivity contribution is 0.0865. The zero-order valence-corrected chi connectivity index (χ0v) is 8.92. The van der Waals surface area contributed by atoms with Gasteiger partial charge in [0.05, 0.1) is 17.2 Å². The highest BCUT2D eigenvalue weighted by atomic mass is 35.5. The van der Waals surface area contributed by atoms with Gasteiger partial charge in [-0.15, -0.1) is 0 Å². The molecule has 1 aromatic carbocycles. The van der Waals surface area contributed by atoms with Crippen molar-refractivity contribution in [2.24, 2.45) is 0 Å². The fourth-order valence-electron chi connectivity index (χ4n) is 1.20. The summed E-state index contributed by atoms with van der Waals surface area (Å²) in [6.07, 6.45) is -1.14. The molecule has 0 aliphatic carbocycles. The summed E-state index contributed by atoms with van der Waals surface area (Å²) in [5, 5.41) is 22.0. The Hall–Kier alpha value is -1.43. The maximum Gasteiger partial charge on any atom is 0.259 e. The van der Waals surface area contributed by atoms with Crippen molar-refractivity contribution in [1.29, 1.82) is 0 Å². The summed E-state index contributed by atoms with van der Waals surface area (Å²) in [7, 11) is 0. The highest BCUT2D eigenvalue weighted by molar-refractivity contribution is 6.33. The number of rotatable bonds is 3. The first-order valence-electron chi connectivity index (χ1n) is 4.60. The number of nitrogens with zero attached hydrogens (tertiary/aromatic N) is 2. The lowest BCUT2D eigenvalue weighted by atomic mass is 10.2. The third kappa shape index (κ3) is 2.06. The summed E-state index contributed by atoms with van der Waals surface area (Å²) >= 11 is 5.94. The Kier molecular flexibility index (Phi) is 3.19. The van der Waals surface area contributed by atoms with Crippen LogP contribution in [0.4, 0.5) is 0 Å². The highest BCUT2D eigenvalue weighted by Gasteiger charge is 2.16. The number of aromatic nitrogens is 2. The van der Waals surface area contributed by atoms with Crippen molar-refractivity contribution in [1.82, 2.24) is 10.1 Å². The van der Waals surface area contributed by atoms with Crippen molar-refractivity contribution in [2.75, 3.05) is 6.61 Å². The smallest absolute Gasteiger partial charge is 0.259 e. The van der Waals surface area contributed by atoms with E-state index in [0.29, 0.717) is 10.6 Å².